The number of rotatable bonds is 3. The van der Waals surface area contributed by atoms with Gasteiger partial charge in [0.2, 0.25) is 0 Å². The van der Waals surface area contributed by atoms with Gasteiger partial charge < -0.3 is 4.90 Å². The minimum atomic E-state index is 0.402. The second kappa shape index (κ2) is 10.5. The molecule has 3 nitrogen and oxygen atoms in total. The van der Waals surface area contributed by atoms with Crippen LogP contribution in [0.1, 0.15) is 110 Å². The van der Waals surface area contributed by atoms with Gasteiger partial charge in [-0.1, -0.05) is 65.2 Å². The van der Waals surface area contributed by atoms with Crippen LogP contribution in [0.2, 0.25) is 0 Å². The highest BCUT2D eigenvalue weighted by Gasteiger charge is 2.53. The van der Waals surface area contributed by atoms with Gasteiger partial charge in [0.1, 0.15) is 12.3 Å². The van der Waals surface area contributed by atoms with E-state index in [0.29, 0.717) is 18.2 Å². The van der Waals surface area contributed by atoms with E-state index in [-0.39, 0.29) is 0 Å². The number of hydrogen-bond donors (Lipinski definition) is 0. The van der Waals surface area contributed by atoms with Crippen molar-refractivity contribution in [1.29, 1.82) is 0 Å². The molecule has 29 heavy (non-hydrogen) atoms. The van der Waals surface area contributed by atoms with Gasteiger partial charge in [-0.3, -0.25) is 4.99 Å². The summed E-state index contributed by atoms with van der Waals surface area (Å²) in [5.41, 5.74) is 5.04. The summed E-state index contributed by atoms with van der Waals surface area (Å²) in [6.07, 6.45) is 21.6. The molecular weight excluding hydrogens is 469 g/mol. The van der Waals surface area contributed by atoms with E-state index in [0.717, 1.165) is 5.92 Å². The topological polar surface area (TPSA) is 18.6 Å². The van der Waals surface area contributed by atoms with Crippen LogP contribution >= 0.6 is 22.9 Å². The smallest absolute Gasteiger partial charge is 0.147 e. The first-order valence-corrected chi connectivity index (χ1v) is 13.6. The maximum Gasteiger partial charge on any atom is 0.147 e. The maximum absolute atomic E-state index is 5.35. The molecule has 0 amide bonds. The van der Waals surface area contributed by atoms with Gasteiger partial charge in [-0.2, -0.15) is 3.11 Å². The third-order valence-corrected chi connectivity index (χ3v) is 8.76. The van der Waals surface area contributed by atoms with E-state index in [1.165, 1.54) is 109 Å². The minimum absolute atomic E-state index is 0.402. The van der Waals surface area contributed by atoms with E-state index < -0.39 is 0 Å². The van der Waals surface area contributed by atoms with E-state index in [9.17, 15) is 0 Å². The van der Waals surface area contributed by atoms with Crippen LogP contribution in [0.5, 0.6) is 0 Å². The van der Waals surface area contributed by atoms with Crippen LogP contribution in [0.15, 0.2) is 16.3 Å². The van der Waals surface area contributed by atoms with Gasteiger partial charge in [-0.15, -0.1) is 0 Å². The average molecular weight is 512 g/mol. The lowest BCUT2D eigenvalue weighted by Crippen LogP contribution is -2.28. The Morgan fingerprint density at radius 2 is 1.41 bits per heavy atom. The Morgan fingerprint density at radius 3 is 2.07 bits per heavy atom. The first-order chi connectivity index (χ1) is 14.2. The van der Waals surface area contributed by atoms with Gasteiger partial charge in [0.05, 0.1) is 0 Å². The molecule has 1 saturated heterocycles. The van der Waals surface area contributed by atoms with E-state index >= 15 is 0 Å². The first-order valence-electron chi connectivity index (χ1n) is 12.7. The second-order valence-electron chi connectivity index (χ2n) is 10.2. The normalized spacial score (nSPS) is 34.6. The molecule has 4 aliphatic rings. The molecule has 4 unspecified atom stereocenters. The van der Waals surface area contributed by atoms with Crippen molar-refractivity contribution in [2.75, 3.05) is 6.54 Å². The predicted octanol–water partition coefficient (Wildman–Crippen LogP) is 7.47. The van der Waals surface area contributed by atoms with Crippen LogP contribution in [0.3, 0.4) is 0 Å². The lowest BCUT2D eigenvalue weighted by atomic mass is 9.87. The number of nitrogens with zero attached hydrogens (tertiary/aromatic N) is 3. The molecule has 1 saturated carbocycles. The summed E-state index contributed by atoms with van der Waals surface area (Å²) in [6.45, 7) is 6.11. The summed E-state index contributed by atoms with van der Waals surface area (Å²) < 4.78 is 2.51. The van der Waals surface area contributed by atoms with Gasteiger partial charge in [-0.25, -0.2) is 0 Å². The molecule has 0 radical (unpaired) electrons. The van der Waals surface area contributed by atoms with Crippen molar-refractivity contribution in [3.63, 3.8) is 0 Å². The number of hydrogen-bond acceptors (Lipinski definition) is 3. The first kappa shape index (κ1) is 22.1. The van der Waals surface area contributed by atoms with Crippen LogP contribution in [0, 0.1) is 11.8 Å². The van der Waals surface area contributed by atoms with Gasteiger partial charge in [0, 0.05) is 40.8 Å². The van der Waals surface area contributed by atoms with Crippen LogP contribution in [0.4, 0.5) is 0 Å². The van der Waals surface area contributed by atoms with Crippen LogP contribution in [-0.4, -0.2) is 32.6 Å². The molecule has 0 aromatic carbocycles. The number of fused-ring (bicyclic) bond motifs is 1. The summed E-state index contributed by atoms with van der Waals surface area (Å²) in [6, 6.07) is 0. The highest BCUT2D eigenvalue weighted by Crippen LogP contribution is 2.47. The maximum atomic E-state index is 5.35. The Balaban J connectivity index is 1.48. The van der Waals surface area contributed by atoms with E-state index in [2.05, 4.69) is 44.7 Å². The fraction of sp³-hybridized carbons (Fsp3) is 0.880. The Kier molecular flexibility index (Phi) is 7.99. The van der Waals surface area contributed by atoms with Crippen molar-refractivity contribution in [3.05, 3.63) is 11.3 Å². The Labute approximate surface area is 193 Å². The summed E-state index contributed by atoms with van der Waals surface area (Å²) >= 11 is 2.56. The van der Waals surface area contributed by atoms with Crippen molar-refractivity contribution >= 4 is 28.6 Å². The molecule has 0 aromatic heterocycles. The van der Waals surface area contributed by atoms with E-state index in [1.807, 2.05) is 0 Å². The van der Waals surface area contributed by atoms with Gasteiger partial charge >= 0.3 is 0 Å². The third-order valence-electron chi connectivity index (χ3n) is 7.62. The summed E-state index contributed by atoms with van der Waals surface area (Å²) in [5, 5.41) is 0. The summed E-state index contributed by atoms with van der Waals surface area (Å²) in [4.78, 5) is 8.15. The average Bonchev–Trinajstić information content (AvgIpc) is 3.16. The minimum Gasteiger partial charge on any atom is -0.355 e. The molecule has 164 valence electrons. The van der Waals surface area contributed by atoms with Crippen molar-refractivity contribution in [3.8, 4) is 0 Å². The third kappa shape index (κ3) is 5.39. The number of halogens is 1. The van der Waals surface area contributed by atoms with Gasteiger partial charge in [-0.05, 0) is 62.4 Å². The highest BCUT2D eigenvalue weighted by atomic mass is 127. The Hall–Kier alpha value is -0.100. The largest absolute Gasteiger partial charge is 0.355 e. The zero-order valence-electron chi connectivity index (χ0n) is 18.8. The molecule has 0 aromatic rings. The molecule has 0 spiro atoms. The molecule has 4 heteroatoms. The molecule has 2 fully saturated rings. The summed E-state index contributed by atoms with van der Waals surface area (Å²) in [7, 11) is 0. The SMILES string of the molecule is CC(C)C1=C2CCCCCCC1CN2C1C(N=C2CCCCCCCCC2)N1I. The van der Waals surface area contributed by atoms with Crippen molar-refractivity contribution in [2.24, 2.45) is 16.8 Å². The van der Waals surface area contributed by atoms with Crippen molar-refractivity contribution < 1.29 is 0 Å². The lowest BCUT2D eigenvalue weighted by Gasteiger charge is -2.23. The molecule has 0 N–H and O–H groups in total. The molecule has 2 aliphatic heterocycles. The standard InChI is InChI=1S/C25H42IN3/c1-19(2)23-20-14-10-8-9-13-17-22(23)28(18-20)25-24(29(25)26)27-21-15-11-6-4-3-5-7-12-16-21/h19-20,24-25H,3-18H2,1-2H3. The Morgan fingerprint density at radius 1 is 0.828 bits per heavy atom. The fourth-order valence-electron chi connectivity index (χ4n) is 6.07. The molecule has 2 bridgehead atoms. The predicted molar refractivity (Wildman–Crippen MR) is 132 cm³/mol. The molecule has 4 rings (SSSR count). The zero-order valence-corrected chi connectivity index (χ0v) is 21.0. The zero-order chi connectivity index (χ0) is 20.2. The van der Waals surface area contributed by atoms with E-state index in [1.54, 1.807) is 11.3 Å². The number of aliphatic imine (C=N–C) groups is 1. The van der Waals surface area contributed by atoms with Crippen LogP contribution in [-0.2, 0) is 0 Å². The molecule has 2 aliphatic carbocycles. The monoisotopic (exact) mass is 511 g/mol. The molecular formula is C25H42IN3. The fourth-order valence-corrected chi connectivity index (χ4v) is 6.93. The Bertz CT molecular complexity index is 599. The molecule has 2 heterocycles. The van der Waals surface area contributed by atoms with Crippen LogP contribution in [0.25, 0.3) is 0 Å². The highest BCUT2D eigenvalue weighted by molar-refractivity contribution is 14.1. The molecule has 4 atom stereocenters. The summed E-state index contributed by atoms with van der Waals surface area (Å²) in [5.74, 6) is 1.50. The van der Waals surface area contributed by atoms with Crippen molar-refractivity contribution in [2.45, 2.75) is 122 Å². The van der Waals surface area contributed by atoms with Crippen molar-refractivity contribution in [1.82, 2.24) is 8.01 Å². The van der Waals surface area contributed by atoms with Gasteiger partial charge in [0.15, 0.2) is 0 Å². The number of allylic oxidation sites excluding steroid dienone is 1. The quantitative estimate of drug-likeness (QED) is 0.222. The van der Waals surface area contributed by atoms with Crippen LogP contribution < -0.4 is 0 Å². The lowest BCUT2D eigenvalue weighted by molar-refractivity contribution is 0.289. The second-order valence-corrected chi connectivity index (χ2v) is 11.3. The van der Waals surface area contributed by atoms with Gasteiger partial charge in [0.25, 0.3) is 0 Å². The van der Waals surface area contributed by atoms with E-state index in [4.69, 9.17) is 4.99 Å².